The van der Waals surface area contributed by atoms with Crippen molar-refractivity contribution in [2.24, 2.45) is 5.92 Å². The first-order valence-corrected chi connectivity index (χ1v) is 6.94. The molecule has 2 fully saturated rings. The molecule has 0 atom stereocenters. The van der Waals surface area contributed by atoms with Crippen molar-refractivity contribution in [3.05, 3.63) is 0 Å². The van der Waals surface area contributed by atoms with Gasteiger partial charge in [-0.25, -0.2) is 0 Å². The molecule has 0 aromatic heterocycles. The summed E-state index contributed by atoms with van der Waals surface area (Å²) in [6.45, 7) is 4.41. The number of hydrogen-bond acceptors (Lipinski definition) is 3. The van der Waals surface area contributed by atoms with Gasteiger partial charge in [0.2, 0.25) is 5.91 Å². The van der Waals surface area contributed by atoms with E-state index in [1.54, 1.807) is 7.05 Å². The summed E-state index contributed by atoms with van der Waals surface area (Å²) in [6.07, 6.45) is 5.97. The molecule has 0 bridgehead atoms. The number of hydrogen-bond donors (Lipinski definition) is 2. The Labute approximate surface area is 104 Å². The van der Waals surface area contributed by atoms with Crippen LogP contribution in [0.2, 0.25) is 0 Å². The Morgan fingerprint density at radius 2 is 1.94 bits per heavy atom. The first kappa shape index (κ1) is 12.8. The van der Waals surface area contributed by atoms with Gasteiger partial charge in [0.15, 0.2) is 0 Å². The lowest BCUT2D eigenvalue weighted by Crippen LogP contribution is -2.43. The van der Waals surface area contributed by atoms with Gasteiger partial charge in [-0.3, -0.25) is 4.79 Å². The largest absolute Gasteiger partial charge is 0.359 e. The molecular formula is C13H25N3O. The first-order valence-electron chi connectivity index (χ1n) is 6.94. The highest BCUT2D eigenvalue weighted by Gasteiger charge is 2.24. The summed E-state index contributed by atoms with van der Waals surface area (Å²) in [4.78, 5) is 13.6. The zero-order chi connectivity index (χ0) is 12.1. The Hall–Kier alpha value is -0.610. The van der Waals surface area contributed by atoms with Gasteiger partial charge < -0.3 is 15.5 Å². The van der Waals surface area contributed by atoms with Crippen molar-refractivity contribution < 1.29 is 4.79 Å². The van der Waals surface area contributed by atoms with Crippen LogP contribution >= 0.6 is 0 Å². The molecule has 4 nitrogen and oxygen atoms in total. The molecule has 0 aromatic rings. The average molecular weight is 239 g/mol. The summed E-state index contributed by atoms with van der Waals surface area (Å²) in [5, 5.41) is 6.35. The predicted molar refractivity (Wildman–Crippen MR) is 68.9 cm³/mol. The molecule has 1 saturated carbocycles. The molecule has 0 aromatic carbocycles. The molecule has 1 aliphatic heterocycles. The summed E-state index contributed by atoms with van der Waals surface area (Å²) in [5.41, 5.74) is 0. The lowest BCUT2D eigenvalue weighted by Gasteiger charge is -2.32. The second kappa shape index (κ2) is 6.36. The molecule has 2 rings (SSSR count). The van der Waals surface area contributed by atoms with E-state index in [1.165, 1.54) is 32.2 Å². The fraction of sp³-hybridized carbons (Fsp3) is 0.923. The van der Waals surface area contributed by atoms with Crippen LogP contribution in [0, 0.1) is 5.92 Å². The molecule has 0 spiro atoms. The second-order valence-electron chi connectivity index (χ2n) is 5.39. The molecule has 1 aliphatic carbocycles. The molecule has 0 unspecified atom stereocenters. The number of carbonyl (C=O) groups is 1. The van der Waals surface area contributed by atoms with Gasteiger partial charge in [0.05, 0.1) is 0 Å². The molecule has 2 N–H and O–H groups in total. The van der Waals surface area contributed by atoms with E-state index >= 15 is 0 Å². The minimum atomic E-state index is 0.152. The Bertz CT molecular complexity index is 245. The van der Waals surface area contributed by atoms with Crippen LogP contribution < -0.4 is 10.6 Å². The van der Waals surface area contributed by atoms with Crippen molar-refractivity contribution >= 4 is 5.91 Å². The van der Waals surface area contributed by atoms with Crippen molar-refractivity contribution in [1.82, 2.24) is 15.5 Å². The van der Waals surface area contributed by atoms with Crippen LogP contribution in [0.25, 0.3) is 0 Å². The Balaban J connectivity index is 1.55. The van der Waals surface area contributed by atoms with Gasteiger partial charge in [-0.1, -0.05) is 0 Å². The zero-order valence-electron chi connectivity index (χ0n) is 10.9. The summed E-state index contributed by atoms with van der Waals surface area (Å²) in [6, 6.07) is 0.715. The van der Waals surface area contributed by atoms with Crippen molar-refractivity contribution in [2.75, 3.05) is 33.2 Å². The van der Waals surface area contributed by atoms with Gasteiger partial charge in [0.25, 0.3) is 0 Å². The third-order valence-corrected chi connectivity index (χ3v) is 3.91. The molecule has 1 saturated heterocycles. The molecule has 17 heavy (non-hydrogen) atoms. The molecule has 1 amide bonds. The number of nitrogens with one attached hydrogen (secondary N) is 2. The SMILES string of the molecule is CNC(=O)CCN1CCC(NCC2CC2)CC1. The zero-order valence-corrected chi connectivity index (χ0v) is 10.9. The standard InChI is InChI=1S/C13H25N3O/c1-14-13(17)6-9-16-7-4-12(5-8-16)15-10-11-2-3-11/h11-12,15H,2-10H2,1H3,(H,14,17). The maximum absolute atomic E-state index is 11.2. The summed E-state index contributed by atoms with van der Waals surface area (Å²) in [5.74, 6) is 1.13. The van der Waals surface area contributed by atoms with Gasteiger partial charge in [-0.05, 0) is 51.2 Å². The lowest BCUT2D eigenvalue weighted by atomic mass is 10.0. The minimum absolute atomic E-state index is 0.152. The molecular weight excluding hydrogens is 214 g/mol. The normalized spacial score (nSPS) is 22.6. The van der Waals surface area contributed by atoms with Crippen LogP contribution in [-0.4, -0.2) is 50.1 Å². The first-order chi connectivity index (χ1) is 8.28. The van der Waals surface area contributed by atoms with E-state index in [2.05, 4.69) is 15.5 Å². The van der Waals surface area contributed by atoms with Crippen LogP contribution in [0.5, 0.6) is 0 Å². The highest BCUT2D eigenvalue weighted by Crippen LogP contribution is 2.28. The maximum atomic E-state index is 11.2. The monoisotopic (exact) mass is 239 g/mol. The second-order valence-corrected chi connectivity index (χ2v) is 5.39. The molecule has 4 heteroatoms. The van der Waals surface area contributed by atoms with Crippen LogP contribution in [0.3, 0.4) is 0 Å². The number of amides is 1. The number of carbonyl (C=O) groups excluding carboxylic acids is 1. The number of rotatable bonds is 6. The van der Waals surface area contributed by atoms with E-state index in [4.69, 9.17) is 0 Å². The van der Waals surface area contributed by atoms with E-state index < -0.39 is 0 Å². The highest BCUT2D eigenvalue weighted by atomic mass is 16.1. The third kappa shape index (κ3) is 4.64. The molecule has 0 radical (unpaired) electrons. The molecule has 2 aliphatic rings. The minimum Gasteiger partial charge on any atom is -0.359 e. The highest BCUT2D eigenvalue weighted by molar-refractivity contribution is 5.75. The van der Waals surface area contributed by atoms with Gasteiger partial charge in [0, 0.05) is 26.1 Å². The third-order valence-electron chi connectivity index (χ3n) is 3.91. The van der Waals surface area contributed by atoms with Gasteiger partial charge in [-0.2, -0.15) is 0 Å². The summed E-state index contributed by atoms with van der Waals surface area (Å²) < 4.78 is 0. The van der Waals surface area contributed by atoms with Crippen molar-refractivity contribution in [3.8, 4) is 0 Å². The van der Waals surface area contributed by atoms with E-state index in [9.17, 15) is 4.79 Å². The summed E-state index contributed by atoms with van der Waals surface area (Å²) in [7, 11) is 1.70. The summed E-state index contributed by atoms with van der Waals surface area (Å²) >= 11 is 0. The Morgan fingerprint density at radius 3 is 2.53 bits per heavy atom. The smallest absolute Gasteiger partial charge is 0.221 e. The molecule has 1 heterocycles. The maximum Gasteiger partial charge on any atom is 0.221 e. The predicted octanol–water partition coefficient (Wildman–Crippen LogP) is 0.587. The number of piperidine rings is 1. The van der Waals surface area contributed by atoms with Gasteiger partial charge >= 0.3 is 0 Å². The van der Waals surface area contributed by atoms with Crippen LogP contribution in [-0.2, 0) is 4.79 Å². The Morgan fingerprint density at radius 1 is 1.24 bits per heavy atom. The topological polar surface area (TPSA) is 44.4 Å². The van der Waals surface area contributed by atoms with Gasteiger partial charge in [0.1, 0.15) is 0 Å². The van der Waals surface area contributed by atoms with Crippen molar-refractivity contribution in [2.45, 2.75) is 38.1 Å². The van der Waals surface area contributed by atoms with Crippen LogP contribution in [0.1, 0.15) is 32.1 Å². The van der Waals surface area contributed by atoms with Crippen molar-refractivity contribution in [1.29, 1.82) is 0 Å². The molecule has 98 valence electrons. The van der Waals surface area contributed by atoms with E-state index in [0.29, 0.717) is 12.5 Å². The van der Waals surface area contributed by atoms with Crippen LogP contribution in [0.15, 0.2) is 0 Å². The fourth-order valence-corrected chi connectivity index (χ4v) is 2.40. The van der Waals surface area contributed by atoms with Crippen LogP contribution in [0.4, 0.5) is 0 Å². The quantitative estimate of drug-likeness (QED) is 0.713. The van der Waals surface area contributed by atoms with Crippen molar-refractivity contribution in [3.63, 3.8) is 0 Å². The number of likely N-dealkylation sites (tertiary alicyclic amines) is 1. The average Bonchev–Trinajstić information content (AvgIpc) is 3.18. The van der Waals surface area contributed by atoms with E-state index in [1.807, 2.05) is 0 Å². The number of nitrogens with zero attached hydrogens (tertiary/aromatic N) is 1. The lowest BCUT2D eigenvalue weighted by molar-refractivity contribution is -0.121. The Kier molecular flexibility index (Phi) is 4.80. The van der Waals surface area contributed by atoms with E-state index in [0.717, 1.165) is 25.6 Å². The fourth-order valence-electron chi connectivity index (χ4n) is 2.40. The van der Waals surface area contributed by atoms with E-state index in [-0.39, 0.29) is 5.91 Å². The van der Waals surface area contributed by atoms with Gasteiger partial charge in [-0.15, -0.1) is 0 Å².